The zero-order chi connectivity index (χ0) is 16.6. The lowest BCUT2D eigenvalue weighted by molar-refractivity contribution is 0.666. The summed E-state index contributed by atoms with van der Waals surface area (Å²) in [6, 6.07) is 6.85. The maximum atomic E-state index is 4.72. The van der Waals surface area contributed by atoms with Gasteiger partial charge in [0.15, 0.2) is 5.70 Å². The quantitative estimate of drug-likeness (QED) is 0.490. The first-order chi connectivity index (χ1) is 11.5. The predicted molar refractivity (Wildman–Crippen MR) is 108 cm³/mol. The lowest BCUT2D eigenvalue weighted by Crippen LogP contribution is -2.58. The zero-order valence-corrected chi connectivity index (χ0v) is 15.9. The molecular formula is C19H20BN2S2+. The molecule has 0 aromatic carbocycles. The van der Waals surface area contributed by atoms with E-state index in [1.165, 1.54) is 37.1 Å². The van der Waals surface area contributed by atoms with E-state index >= 15 is 0 Å². The van der Waals surface area contributed by atoms with Gasteiger partial charge in [-0.3, -0.25) is 0 Å². The predicted octanol–water partition coefficient (Wildman–Crippen LogP) is 3.81. The third-order valence-electron chi connectivity index (χ3n) is 5.23. The second kappa shape index (κ2) is 4.67. The molecule has 0 aliphatic carbocycles. The molecule has 1 atom stereocenters. The van der Waals surface area contributed by atoms with Crippen molar-refractivity contribution >= 4 is 51.0 Å². The Kier molecular flexibility index (Phi) is 2.85. The largest absolute Gasteiger partial charge is 0.558 e. The Labute approximate surface area is 150 Å². The van der Waals surface area contributed by atoms with Crippen LogP contribution >= 0.6 is 22.7 Å². The van der Waals surface area contributed by atoms with Crippen LogP contribution in [-0.4, -0.2) is 10.9 Å². The van der Waals surface area contributed by atoms with Crippen molar-refractivity contribution in [3.63, 3.8) is 0 Å². The zero-order valence-electron chi connectivity index (χ0n) is 14.2. The molecule has 0 bridgehead atoms. The molecule has 1 unspecified atom stereocenters. The van der Waals surface area contributed by atoms with Crippen LogP contribution in [0.1, 0.15) is 26.0 Å². The molecule has 2 nitrogen and oxygen atoms in total. The summed E-state index contributed by atoms with van der Waals surface area (Å²) < 4.78 is 6.39. The van der Waals surface area contributed by atoms with Crippen molar-refractivity contribution in [2.24, 2.45) is 5.92 Å². The van der Waals surface area contributed by atoms with E-state index in [0.29, 0.717) is 5.92 Å². The standard InChI is InChI=1S/C19H20BN2S2/c1-12(2)9-15-16-10-13-5-7-23-18(13)21(16)20(3,4)22-17(15)11-14-6-8-24-19(14)22/h5-8,10-12H,3,9H2,1-2,4H3/q+1. The smallest absolute Gasteiger partial charge is 0.401 e. The van der Waals surface area contributed by atoms with Crippen molar-refractivity contribution in [2.45, 2.75) is 27.1 Å². The third-order valence-corrected chi connectivity index (χ3v) is 7.09. The average Bonchev–Trinajstić information content (AvgIpc) is 3.20. The molecule has 0 saturated heterocycles. The number of rotatable bonds is 2. The molecule has 5 rings (SSSR count). The first kappa shape index (κ1) is 14.6. The van der Waals surface area contributed by atoms with Gasteiger partial charge in [0.2, 0.25) is 4.67 Å². The SMILES string of the molecule is [CH2+][B-]1(C)n2c(cc3ccsc32)C(CC(C)C)=C2C=c3ccsc3=[N+]21. The summed E-state index contributed by atoms with van der Waals surface area (Å²) in [5.41, 5.74) is 4.22. The van der Waals surface area contributed by atoms with E-state index in [0.717, 1.165) is 6.42 Å². The van der Waals surface area contributed by atoms with E-state index in [4.69, 9.17) is 6.82 Å². The lowest BCUT2D eigenvalue weighted by Gasteiger charge is -2.32. The topological polar surface area (TPSA) is 7.94 Å². The Morgan fingerprint density at radius 3 is 2.83 bits per heavy atom. The van der Waals surface area contributed by atoms with Gasteiger partial charge in [-0.05, 0) is 54.9 Å². The molecule has 5 heterocycles. The fourth-order valence-corrected chi connectivity index (χ4v) is 6.41. The van der Waals surface area contributed by atoms with Crippen LogP contribution in [-0.2, 0) is 0 Å². The van der Waals surface area contributed by atoms with Crippen LogP contribution < -0.4 is 14.4 Å². The molecule has 120 valence electrons. The molecule has 2 aliphatic heterocycles. The maximum Gasteiger partial charge on any atom is 0.558 e. The summed E-state index contributed by atoms with van der Waals surface area (Å²) in [6.45, 7) is 11.6. The molecule has 0 fully saturated rings. The first-order valence-electron chi connectivity index (χ1n) is 8.59. The van der Waals surface area contributed by atoms with Crippen LogP contribution in [0.2, 0.25) is 6.82 Å². The summed E-state index contributed by atoms with van der Waals surface area (Å²) in [4.78, 5) is 1.35. The number of allylic oxidation sites excluding steroid dienone is 2. The summed E-state index contributed by atoms with van der Waals surface area (Å²) in [6.07, 6.45) is 2.34. The second-order valence-corrected chi connectivity index (χ2v) is 9.43. The van der Waals surface area contributed by atoms with Gasteiger partial charge in [-0.15, -0.1) is 11.3 Å². The average molecular weight is 351 g/mol. The van der Waals surface area contributed by atoms with E-state index in [-0.39, 0.29) is 0 Å². The molecule has 0 N–H and O–H groups in total. The van der Waals surface area contributed by atoms with Crippen LogP contribution in [0.15, 0.2) is 34.7 Å². The molecule has 0 amide bonds. The second-order valence-electron chi connectivity index (χ2n) is 7.64. The molecule has 2 aliphatic rings. The van der Waals surface area contributed by atoms with E-state index in [1.807, 2.05) is 22.7 Å². The van der Waals surface area contributed by atoms with Crippen LogP contribution in [0.5, 0.6) is 0 Å². The summed E-state index contributed by atoms with van der Waals surface area (Å²) >= 11 is 3.66. The van der Waals surface area contributed by atoms with Crippen molar-refractivity contribution in [1.82, 2.24) is 8.96 Å². The minimum Gasteiger partial charge on any atom is -0.401 e. The highest BCUT2D eigenvalue weighted by Crippen LogP contribution is 2.40. The van der Waals surface area contributed by atoms with E-state index in [9.17, 15) is 0 Å². The number of aromatic nitrogens is 1. The van der Waals surface area contributed by atoms with Gasteiger partial charge in [-0.2, -0.15) is 0 Å². The summed E-state index contributed by atoms with van der Waals surface area (Å²) in [5, 5.41) is 7.08. The number of hydrogen-bond donors (Lipinski definition) is 0. The van der Waals surface area contributed by atoms with Crippen molar-refractivity contribution in [2.75, 3.05) is 0 Å². The van der Waals surface area contributed by atoms with Gasteiger partial charge >= 0.3 is 6.42 Å². The van der Waals surface area contributed by atoms with Gasteiger partial charge < -0.3 is 8.96 Å². The van der Waals surface area contributed by atoms with Crippen molar-refractivity contribution in [3.8, 4) is 0 Å². The highest BCUT2D eigenvalue weighted by Gasteiger charge is 2.50. The van der Waals surface area contributed by atoms with Gasteiger partial charge in [-0.1, -0.05) is 25.2 Å². The summed E-state index contributed by atoms with van der Waals surface area (Å²) in [7, 11) is 0. The molecule has 0 radical (unpaired) electrons. The normalized spacial score (nSPS) is 22.1. The Bertz CT molecular complexity index is 1140. The van der Waals surface area contributed by atoms with Crippen molar-refractivity contribution in [1.29, 1.82) is 0 Å². The molecule has 3 aromatic rings. The van der Waals surface area contributed by atoms with E-state index in [1.54, 1.807) is 0 Å². The highest BCUT2D eigenvalue weighted by atomic mass is 32.1. The van der Waals surface area contributed by atoms with Crippen LogP contribution in [0.25, 0.3) is 21.9 Å². The third kappa shape index (κ3) is 1.72. The fourth-order valence-electron chi connectivity index (χ4n) is 4.32. The number of nitrogens with zero attached hydrogens (tertiary/aromatic N) is 2. The van der Waals surface area contributed by atoms with E-state index < -0.39 is 6.42 Å². The Morgan fingerprint density at radius 2 is 2.04 bits per heavy atom. The molecule has 0 saturated carbocycles. The Hall–Kier alpha value is -1.72. The molecule has 5 heteroatoms. The van der Waals surface area contributed by atoms with Crippen LogP contribution in [0.3, 0.4) is 0 Å². The van der Waals surface area contributed by atoms with Crippen molar-refractivity contribution in [3.05, 3.63) is 57.1 Å². The minimum atomic E-state index is -1.13. The highest BCUT2D eigenvalue weighted by molar-refractivity contribution is 7.17. The number of thiophene rings is 2. The lowest BCUT2D eigenvalue weighted by atomic mass is 9.48. The molecule has 24 heavy (non-hydrogen) atoms. The van der Waals surface area contributed by atoms with Gasteiger partial charge in [0.1, 0.15) is 0 Å². The first-order valence-corrected chi connectivity index (χ1v) is 10.4. The van der Waals surface area contributed by atoms with Gasteiger partial charge in [0, 0.05) is 22.7 Å². The van der Waals surface area contributed by atoms with Gasteiger partial charge in [-0.25, -0.2) is 0 Å². The van der Waals surface area contributed by atoms with Crippen molar-refractivity contribution < 1.29 is 0 Å². The summed E-state index contributed by atoms with van der Waals surface area (Å²) in [5.74, 6) is 0.629. The number of hydrogen-bond acceptors (Lipinski definition) is 2. The van der Waals surface area contributed by atoms with Gasteiger partial charge in [0.05, 0.1) is 10.0 Å². The van der Waals surface area contributed by atoms with Crippen LogP contribution in [0, 0.1) is 12.7 Å². The fraction of sp³-hybridized carbons (Fsp3) is 0.263. The van der Waals surface area contributed by atoms with Gasteiger partial charge in [0.25, 0.3) is 0 Å². The van der Waals surface area contributed by atoms with E-state index in [2.05, 4.69) is 64.7 Å². The minimum absolute atomic E-state index is 0.629. The monoisotopic (exact) mass is 351 g/mol. The molecular weight excluding hydrogens is 331 g/mol. The number of fused-ring (bicyclic) bond motifs is 5. The Morgan fingerprint density at radius 1 is 1.25 bits per heavy atom. The Balaban J connectivity index is 1.95. The molecule has 0 spiro atoms. The van der Waals surface area contributed by atoms with Crippen LogP contribution in [0.4, 0.5) is 0 Å². The molecule has 3 aromatic heterocycles. The maximum absolute atomic E-state index is 4.72.